The molecule has 1 saturated carbocycles. The van der Waals surface area contributed by atoms with Gasteiger partial charge in [0.05, 0.1) is 28.5 Å². The number of nitrogens with zero attached hydrogens (tertiary/aromatic N) is 3. The number of amides is 1. The lowest BCUT2D eigenvalue weighted by Gasteiger charge is -2.12. The Hall–Kier alpha value is -3.48. The molecule has 0 spiro atoms. The molecule has 0 aliphatic heterocycles. The summed E-state index contributed by atoms with van der Waals surface area (Å²) in [6.07, 6.45) is 2.69. The highest BCUT2D eigenvalue weighted by molar-refractivity contribution is 5.78. The Morgan fingerprint density at radius 3 is 2.62 bits per heavy atom. The molecule has 1 fully saturated rings. The summed E-state index contributed by atoms with van der Waals surface area (Å²) in [5.74, 6) is 1.32. The number of carbonyl (C=O) groups excluding carboxylic acids is 1. The highest BCUT2D eigenvalue weighted by Gasteiger charge is 2.28. The van der Waals surface area contributed by atoms with E-state index in [4.69, 9.17) is 0 Å². The Balaban J connectivity index is 1.29. The van der Waals surface area contributed by atoms with Gasteiger partial charge in [-0.2, -0.15) is 0 Å². The van der Waals surface area contributed by atoms with Crippen LogP contribution in [0, 0.1) is 0 Å². The number of H-pyrrole nitrogens is 1. The van der Waals surface area contributed by atoms with Crippen molar-refractivity contribution in [3.8, 4) is 0 Å². The number of aromatic nitrogens is 4. The van der Waals surface area contributed by atoms with Crippen LogP contribution >= 0.6 is 0 Å². The second-order valence-corrected chi connectivity index (χ2v) is 7.43. The molecule has 1 aliphatic rings. The van der Waals surface area contributed by atoms with Crippen molar-refractivity contribution in [2.45, 2.75) is 38.3 Å². The zero-order valence-electron chi connectivity index (χ0n) is 15.9. The molecule has 0 atom stereocenters. The van der Waals surface area contributed by atoms with Crippen molar-refractivity contribution in [1.82, 2.24) is 24.8 Å². The number of benzene rings is 2. The maximum Gasteiger partial charge on any atom is 0.261 e. The third kappa shape index (κ3) is 3.51. The van der Waals surface area contributed by atoms with Crippen molar-refractivity contribution in [3.63, 3.8) is 0 Å². The summed E-state index contributed by atoms with van der Waals surface area (Å²) >= 11 is 0. The van der Waals surface area contributed by atoms with Gasteiger partial charge >= 0.3 is 0 Å². The lowest BCUT2D eigenvalue weighted by atomic mass is 10.2. The van der Waals surface area contributed by atoms with Crippen LogP contribution in [0.3, 0.4) is 0 Å². The van der Waals surface area contributed by atoms with E-state index in [1.807, 2.05) is 48.5 Å². The van der Waals surface area contributed by atoms with E-state index in [-0.39, 0.29) is 23.9 Å². The monoisotopic (exact) mass is 387 g/mol. The van der Waals surface area contributed by atoms with Gasteiger partial charge < -0.3 is 10.3 Å². The van der Waals surface area contributed by atoms with E-state index in [1.165, 1.54) is 0 Å². The second-order valence-electron chi connectivity index (χ2n) is 7.43. The van der Waals surface area contributed by atoms with Gasteiger partial charge in [-0.15, -0.1) is 0 Å². The summed E-state index contributed by atoms with van der Waals surface area (Å²) in [6.45, 7) is 0.341. The van der Waals surface area contributed by atoms with Crippen LogP contribution in [0.25, 0.3) is 21.9 Å². The van der Waals surface area contributed by atoms with E-state index < -0.39 is 0 Å². The molecule has 1 amide bonds. The van der Waals surface area contributed by atoms with Crippen LogP contribution in [-0.4, -0.2) is 25.4 Å². The number of hydrogen-bond donors (Lipinski definition) is 2. The first-order valence-corrected chi connectivity index (χ1v) is 9.89. The Morgan fingerprint density at radius 2 is 1.83 bits per heavy atom. The van der Waals surface area contributed by atoms with Crippen LogP contribution in [0.4, 0.5) is 0 Å². The van der Waals surface area contributed by atoms with Gasteiger partial charge in [-0.25, -0.2) is 9.97 Å². The molecule has 2 aromatic carbocycles. The molecule has 146 valence electrons. The summed E-state index contributed by atoms with van der Waals surface area (Å²) in [4.78, 5) is 37.6. The van der Waals surface area contributed by atoms with E-state index >= 15 is 0 Å². The number of carbonyl (C=O) groups is 1. The van der Waals surface area contributed by atoms with Crippen molar-refractivity contribution in [2.75, 3.05) is 0 Å². The molecule has 0 radical (unpaired) electrons. The molecule has 29 heavy (non-hydrogen) atoms. The molecule has 0 unspecified atom stereocenters. The minimum absolute atomic E-state index is 0.00390. The molecular weight excluding hydrogens is 366 g/mol. The maximum atomic E-state index is 12.9. The van der Waals surface area contributed by atoms with Crippen molar-refractivity contribution in [2.24, 2.45) is 0 Å². The standard InChI is InChI=1S/C22H21N5O2/c28-21(23-13-19-24-17-7-3-4-8-18(17)25-19)12-11-20-26-16-6-2-1-5-15(16)22(29)27(20)14-9-10-14/h1-8,14H,9-13H2,(H,23,28)(H,24,25). The minimum Gasteiger partial charge on any atom is -0.349 e. The van der Waals surface area contributed by atoms with Crippen LogP contribution in [0.15, 0.2) is 53.3 Å². The number of aromatic amines is 1. The normalized spacial score (nSPS) is 13.8. The zero-order valence-corrected chi connectivity index (χ0v) is 15.9. The number of fused-ring (bicyclic) bond motifs is 2. The van der Waals surface area contributed by atoms with Crippen LogP contribution in [0.1, 0.15) is 37.0 Å². The van der Waals surface area contributed by atoms with E-state index in [0.717, 1.165) is 29.7 Å². The van der Waals surface area contributed by atoms with E-state index in [1.54, 1.807) is 4.57 Å². The van der Waals surface area contributed by atoms with Crippen LogP contribution in [0.2, 0.25) is 0 Å². The lowest BCUT2D eigenvalue weighted by molar-refractivity contribution is -0.121. The Labute approximate surface area is 166 Å². The van der Waals surface area contributed by atoms with Gasteiger partial charge in [0.2, 0.25) is 5.91 Å². The molecule has 1 aliphatic carbocycles. The molecule has 7 heteroatoms. The fourth-order valence-electron chi connectivity index (χ4n) is 3.66. The molecule has 2 N–H and O–H groups in total. The number of para-hydroxylation sites is 3. The van der Waals surface area contributed by atoms with Gasteiger partial charge in [0, 0.05) is 18.9 Å². The topological polar surface area (TPSA) is 92.7 Å². The number of aryl methyl sites for hydroxylation is 1. The summed E-state index contributed by atoms with van der Waals surface area (Å²) in [6, 6.07) is 15.4. The first kappa shape index (κ1) is 17.6. The molecular formula is C22H21N5O2. The van der Waals surface area contributed by atoms with Gasteiger partial charge in [-0.1, -0.05) is 24.3 Å². The quantitative estimate of drug-likeness (QED) is 0.532. The molecule has 2 heterocycles. The van der Waals surface area contributed by atoms with Gasteiger partial charge in [-0.3, -0.25) is 14.2 Å². The number of rotatable bonds is 6. The fourth-order valence-corrected chi connectivity index (χ4v) is 3.66. The Kier molecular flexibility index (Phi) is 4.35. The summed E-state index contributed by atoms with van der Waals surface area (Å²) in [5.41, 5.74) is 2.51. The maximum absolute atomic E-state index is 12.9. The average molecular weight is 387 g/mol. The van der Waals surface area contributed by atoms with Crippen LogP contribution in [0.5, 0.6) is 0 Å². The highest BCUT2D eigenvalue weighted by Crippen LogP contribution is 2.34. The van der Waals surface area contributed by atoms with Crippen LogP contribution < -0.4 is 10.9 Å². The van der Waals surface area contributed by atoms with Crippen molar-refractivity contribution in [3.05, 3.63) is 70.5 Å². The van der Waals surface area contributed by atoms with E-state index in [0.29, 0.717) is 29.7 Å². The molecule has 2 aromatic heterocycles. The third-order valence-electron chi connectivity index (χ3n) is 5.26. The van der Waals surface area contributed by atoms with Crippen molar-refractivity contribution < 1.29 is 4.79 Å². The number of imidazole rings is 1. The Bertz CT molecular complexity index is 1240. The van der Waals surface area contributed by atoms with Gasteiger partial charge in [0.15, 0.2) is 0 Å². The second kappa shape index (κ2) is 7.16. The fraction of sp³-hybridized carbons (Fsp3) is 0.273. The van der Waals surface area contributed by atoms with Gasteiger partial charge in [0.25, 0.3) is 5.56 Å². The van der Waals surface area contributed by atoms with Crippen molar-refractivity contribution in [1.29, 1.82) is 0 Å². The number of nitrogens with one attached hydrogen (secondary N) is 2. The highest BCUT2D eigenvalue weighted by atomic mass is 16.1. The smallest absolute Gasteiger partial charge is 0.261 e. The molecule has 7 nitrogen and oxygen atoms in total. The molecule has 0 saturated heterocycles. The summed E-state index contributed by atoms with van der Waals surface area (Å²) < 4.78 is 1.79. The predicted octanol–water partition coefficient (Wildman–Crippen LogP) is 2.86. The molecule has 5 rings (SSSR count). The van der Waals surface area contributed by atoms with E-state index in [9.17, 15) is 9.59 Å². The van der Waals surface area contributed by atoms with Gasteiger partial charge in [0.1, 0.15) is 11.6 Å². The van der Waals surface area contributed by atoms with Crippen molar-refractivity contribution >= 4 is 27.8 Å². The minimum atomic E-state index is -0.0878. The largest absolute Gasteiger partial charge is 0.349 e. The number of hydrogen-bond acceptors (Lipinski definition) is 4. The summed E-state index contributed by atoms with van der Waals surface area (Å²) in [5, 5.41) is 3.53. The van der Waals surface area contributed by atoms with Crippen LogP contribution in [-0.2, 0) is 17.8 Å². The average Bonchev–Trinajstić information content (AvgIpc) is 3.48. The molecule has 0 bridgehead atoms. The van der Waals surface area contributed by atoms with Gasteiger partial charge in [-0.05, 0) is 37.1 Å². The first-order valence-electron chi connectivity index (χ1n) is 9.89. The Morgan fingerprint density at radius 1 is 1.07 bits per heavy atom. The SMILES string of the molecule is O=C(CCc1nc2ccccc2c(=O)n1C1CC1)NCc1nc2ccccc2[nH]1. The lowest BCUT2D eigenvalue weighted by Crippen LogP contribution is -2.27. The summed E-state index contributed by atoms with van der Waals surface area (Å²) in [7, 11) is 0. The first-order chi connectivity index (χ1) is 14.2. The third-order valence-corrected chi connectivity index (χ3v) is 5.26. The zero-order chi connectivity index (χ0) is 19.8. The predicted molar refractivity (Wildman–Crippen MR) is 111 cm³/mol. The van der Waals surface area contributed by atoms with E-state index in [2.05, 4.69) is 20.3 Å². The molecule has 4 aromatic rings.